The second kappa shape index (κ2) is 8.40. The van der Waals surface area contributed by atoms with Crippen molar-refractivity contribution in [1.82, 2.24) is 10.2 Å². The van der Waals surface area contributed by atoms with E-state index in [0.717, 1.165) is 6.42 Å². The number of rotatable bonds is 7. The molecule has 0 unspecified atom stereocenters. The molecule has 0 radical (unpaired) electrons. The summed E-state index contributed by atoms with van der Waals surface area (Å²) in [5.74, 6) is 1.57. The molecule has 0 bridgehead atoms. The Morgan fingerprint density at radius 3 is 2.44 bits per heavy atom. The number of carbonyl (C=O) groups is 2. The SMILES string of the molecule is C#CCN(CCC)C(=O)N[C@@H](CC(C)C)C(=O)O. The maximum atomic E-state index is 11.9. The van der Waals surface area contributed by atoms with Gasteiger partial charge in [-0.1, -0.05) is 26.7 Å². The first-order valence-electron chi connectivity index (χ1n) is 6.14. The highest BCUT2D eigenvalue weighted by molar-refractivity contribution is 5.82. The van der Waals surface area contributed by atoms with Crippen LogP contribution in [0.5, 0.6) is 0 Å². The van der Waals surface area contributed by atoms with Crippen molar-refractivity contribution in [3.8, 4) is 12.3 Å². The van der Waals surface area contributed by atoms with Crippen LogP contribution in [0.2, 0.25) is 0 Å². The fourth-order valence-corrected chi connectivity index (χ4v) is 1.57. The lowest BCUT2D eigenvalue weighted by Gasteiger charge is -2.23. The molecule has 0 aromatic carbocycles. The molecule has 0 aromatic rings. The van der Waals surface area contributed by atoms with Gasteiger partial charge in [0.15, 0.2) is 0 Å². The number of hydrogen-bond donors (Lipinski definition) is 2. The molecule has 0 aromatic heterocycles. The van der Waals surface area contributed by atoms with E-state index in [9.17, 15) is 9.59 Å². The van der Waals surface area contributed by atoms with E-state index in [1.807, 2.05) is 20.8 Å². The Labute approximate surface area is 109 Å². The molecule has 0 spiro atoms. The van der Waals surface area contributed by atoms with Crippen molar-refractivity contribution in [2.24, 2.45) is 5.92 Å². The third-order valence-electron chi connectivity index (χ3n) is 2.37. The Morgan fingerprint density at radius 2 is 2.06 bits per heavy atom. The normalized spacial score (nSPS) is 11.7. The molecule has 0 saturated heterocycles. The van der Waals surface area contributed by atoms with Crippen LogP contribution in [0.4, 0.5) is 4.79 Å². The number of nitrogens with zero attached hydrogens (tertiary/aromatic N) is 1. The minimum atomic E-state index is -1.02. The van der Waals surface area contributed by atoms with Crippen LogP contribution in [0.15, 0.2) is 0 Å². The second-order valence-electron chi connectivity index (χ2n) is 4.60. The van der Waals surface area contributed by atoms with Gasteiger partial charge in [0.25, 0.3) is 0 Å². The van der Waals surface area contributed by atoms with Gasteiger partial charge in [-0.3, -0.25) is 0 Å². The summed E-state index contributed by atoms with van der Waals surface area (Å²) in [6.07, 6.45) is 6.36. The fraction of sp³-hybridized carbons (Fsp3) is 0.692. The van der Waals surface area contributed by atoms with Gasteiger partial charge in [0.2, 0.25) is 0 Å². The van der Waals surface area contributed by atoms with E-state index in [2.05, 4.69) is 11.2 Å². The number of hydrogen-bond acceptors (Lipinski definition) is 2. The van der Waals surface area contributed by atoms with Crippen LogP contribution in [-0.2, 0) is 4.79 Å². The van der Waals surface area contributed by atoms with Gasteiger partial charge < -0.3 is 15.3 Å². The summed E-state index contributed by atoms with van der Waals surface area (Å²) in [6, 6.07) is -1.28. The Morgan fingerprint density at radius 1 is 1.44 bits per heavy atom. The highest BCUT2D eigenvalue weighted by Crippen LogP contribution is 2.06. The predicted molar refractivity (Wildman–Crippen MR) is 70.1 cm³/mol. The summed E-state index contributed by atoms with van der Waals surface area (Å²) in [5, 5.41) is 11.5. The molecule has 5 nitrogen and oxygen atoms in total. The number of carboxylic acids is 1. The lowest BCUT2D eigenvalue weighted by atomic mass is 10.0. The molecule has 18 heavy (non-hydrogen) atoms. The Bertz CT molecular complexity index is 321. The average Bonchev–Trinajstić information content (AvgIpc) is 2.27. The highest BCUT2D eigenvalue weighted by Gasteiger charge is 2.23. The minimum absolute atomic E-state index is 0.188. The van der Waals surface area contributed by atoms with Gasteiger partial charge in [-0.05, 0) is 18.8 Å². The molecule has 5 heteroatoms. The monoisotopic (exact) mass is 254 g/mol. The van der Waals surface area contributed by atoms with Crippen LogP contribution in [0.1, 0.15) is 33.6 Å². The van der Waals surface area contributed by atoms with E-state index in [1.54, 1.807) is 0 Å². The Kier molecular flexibility index (Phi) is 7.61. The minimum Gasteiger partial charge on any atom is -0.480 e. The van der Waals surface area contributed by atoms with Gasteiger partial charge >= 0.3 is 12.0 Å². The van der Waals surface area contributed by atoms with E-state index in [1.165, 1.54) is 4.90 Å². The molecule has 102 valence electrons. The van der Waals surface area contributed by atoms with Crippen molar-refractivity contribution in [2.75, 3.05) is 13.1 Å². The van der Waals surface area contributed by atoms with Crippen LogP contribution in [0, 0.1) is 18.3 Å². The lowest BCUT2D eigenvalue weighted by molar-refractivity contribution is -0.139. The first-order valence-corrected chi connectivity index (χ1v) is 6.14. The highest BCUT2D eigenvalue weighted by atomic mass is 16.4. The fourth-order valence-electron chi connectivity index (χ4n) is 1.57. The smallest absolute Gasteiger partial charge is 0.326 e. The number of aliphatic carboxylic acids is 1. The third-order valence-corrected chi connectivity index (χ3v) is 2.37. The van der Waals surface area contributed by atoms with Crippen molar-refractivity contribution in [3.05, 3.63) is 0 Å². The van der Waals surface area contributed by atoms with Gasteiger partial charge in [0.1, 0.15) is 6.04 Å². The van der Waals surface area contributed by atoms with Crippen molar-refractivity contribution in [1.29, 1.82) is 0 Å². The first kappa shape index (κ1) is 16.3. The third kappa shape index (κ3) is 6.14. The Balaban J connectivity index is 4.55. The lowest BCUT2D eigenvalue weighted by Crippen LogP contribution is -2.48. The quantitative estimate of drug-likeness (QED) is 0.677. The number of amides is 2. The summed E-state index contributed by atoms with van der Waals surface area (Å²) in [6.45, 7) is 6.46. The molecule has 0 aliphatic carbocycles. The summed E-state index contributed by atoms with van der Waals surface area (Å²) in [5.41, 5.74) is 0. The maximum Gasteiger partial charge on any atom is 0.326 e. The van der Waals surface area contributed by atoms with Gasteiger partial charge in [0.05, 0.1) is 6.54 Å². The molecule has 0 aliphatic heterocycles. The van der Waals surface area contributed by atoms with Crippen molar-refractivity contribution < 1.29 is 14.7 Å². The number of carbonyl (C=O) groups excluding carboxylic acids is 1. The number of carboxylic acid groups (broad SMARTS) is 1. The first-order chi connectivity index (χ1) is 8.42. The molecule has 0 saturated carbocycles. The van der Waals surface area contributed by atoms with Crippen LogP contribution < -0.4 is 5.32 Å². The molecule has 0 fully saturated rings. The summed E-state index contributed by atoms with van der Waals surface area (Å²) >= 11 is 0. The zero-order chi connectivity index (χ0) is 14.1. The van der Waals surface area contributed by atoms with Crippen LogP contribution >= 0.6 is 0 Å². The number of nitrogens with one attached hydrogen (secondary N) is 1. The van der Waals surface area contributed by atoms with E-state index in [4.69, 9.17) is 11.5 Å². The van der Waals surface area contributed by atoms with Crippen LogP contribution in [0.25, 0.3) is 0 Å². The molecule has 1 atom stereocenters. The molecule has 0 rings (SSSR count). The largest absolute Gasteiger partial charge is 0.480 e. The zero-order valence-electron chi connectivity index (χ0n) is 11.3. The van der Waals surface area contributed by atoms with Crippen molar-refractivity contribution in [2.45, 2.75) is 39.7 Å². The average molecular weight is 254 g/mol. The topological polar surface area (TPSA) is 69.6 Å². The van der Waals surface area contributed by atoms with Gasteiger partial charge in [-0.2, -0.15) is 0 Å². The predicted octanol–water partition coefficient (Wildman–Crippen LogP) is 1.54. The van der Waals surface area contributed by atoms with Gasteiger partial charge in [-0.25, -0.2) is 9.59 Å². The number of urea groups is 1. The van der Waals surface area contributed by atoms with Crippen molar-refractivity contribution >= 4 is 12.0 Å². The van der Waals surface area contributed by atoms with Crippen LogP contribution in [-0.4, -0.2) is 41.1 Å². The van der Waals surface area contributed by atoms with E-state index < -0.39 is 18.0 Å². The summed E-state index contributed by atoms with van der Waals surface area (Å²) < 4.78 is 0. The molecule has 0 heterocycles. The Hall–Kier alpha value is -1.70. The molecular weight excluding hydrogens is 232 g/mol. The summed E-state index contributed by atoms with van der Waals surface area (Å²) in [4.78, 5) is 24.4. The van der Waals surface area contributed by atoms with E-state index in [-0.39, 0.29) is 12.5 Å². The molecule has 2 amide bonds. The maximum absolute atomic E-state index is 11.9. The molecular formula is C13H22N2O3. The molecule has 2 N–H and O–H groups in total. The van der Waals surface area contributed by atoms with Gasteiger partial charge in [0, 0.05) is 6.54 Å². The van der Waals surface area contributed by atoms with Gasteiger partial charge in [-0.15, -0.1) is 6.42 Å². The number of terminal acetylenes is 1. The van der Waals surface area contributed by atoms with Crippen LogP contribution in [0.3, 0.4) is 0 Å². The summed E-state index contributed by atoms with van der Waals surface area (Å²) in [7, 11) is 0. The van der Waals surface area contributed by atoms with Crippen molar-refractivity contribution in [3.63, 3.8) is 0 Å². The molecule has 0 aliphatic rings. The van der Waals surface area contributed by atoms with E-state index in [0.29, 0.717) is 13.0 Å². The standard InChI is InChI=1S/C13H22N2O3/c1-5-7-15(8-6-2)13(18)14-11(12(16)17)9-10(3)4/h1,10-11H,6-9H2,2-4H3,(H,14,18)(H,16,17)/t11-/m0/s1. The van der Waals surface area contributed by atoms with E-state index >= 15 is 0 Å². The second-order valence-corrected chi connectivity index (χ2v) is 4.60. The zero-order valence-corrected chi connectivity index (χ0v) is 11.3.